The van der Waals surface area contributed by atoms with E-state index in [2.05, 4.69) is 16.7 Å². The highest BCUT2D eigenvalue weighted by Crippen LogP contribution is 2.27. The number of nitrogen functional groups attached to an aromatic ring is 1. The molecule has 0 spiro atoms. The molecular formula is C16H16N4O. The molecule has 0 saturated carbocycles. The number of aryl methyl sites for hydroxylation is 1. The SMILES string of the molecule is CNC(=O)c1ccc(N)cc1Nc1cccc(C)c1C#N. The van der Waals surface area contributed by atoms with Crippen molar-refractivity contribution < 1.29 is 4.79 Å². The standard InChI is InChI=1S/C16H16N4O/c1-10-4-3-5-14(13(10)9-17)20-15-8-11(18)6-7-12(15)16(21)19-2/h3-8,20H,18H2,1-2H3,(H,19,21). The molecule has 0 heterocycles. The van der Waals surface area contributed by atoms with E-state index in [-0.39, 0.29) is 5.91 Å². The maximum absolute atomic E-state index is 11.9. The van der Waals surface area contributed by atoms with Crippen LogP contribution in [0.25, 0.3) is 0 Å². The van der Waals surface area contributed by atoms with Crippen LogP contribution in [0.15, 0.2) is 36.4 Å². The zero-order chi connectivity index (χ0) is 15.4. The van der Waals surface area contributed by atoms with Crippen LogP contribution in [0.5, 0.6) is 0 Å². The number of nitrogens with one attached hydrogen (secondary N) is 2. The smallest absolute Gasteiger partial charge is 0.253 e. The van der Waals surface area contributed by atoms with E-state index < -0.39 is 0 Å². The molecule has 106 valence electrons. The van der Waals surface area contributed by atoms with Crippen LogP contribution in [-0.2, 0) is 0 Å². The molecule has 5 nitrogen and oxygen atoms in total. The number of benzene rings is 2. The van der Waals surface area contributed by atoms with E-state index in [9.17, 15) is 10.1 Å². The van der Waals surface area contributed by atoms with E-state index in [1.54, 1.807) is 31.3 Å². The minimum absolute atomic E-state index is 0.219. The Labute approximate surface area is 123 Å². The van der Waals surface area contributed by atoms with Crippen LogP contribution in [0.1, 0.15) is 21.5 Å². The van der Waals surface area contributed by atoms with Gasteiger partial charge >= 0.3 is 0 Å². The van der Waals surface area contributed by atoms with Crippen molar-refractivity contribution in [1.29, 1.82) is 5.26 Å². The van der Waals surface area contributed by atoms with Gasteiger partial charge in [-0.05, 0) is 36.8 Å². The number of hydrogen-bond acceptors (Lipinski definition) is 4. The number of carbonyl (C=O) groups is 1. The first-order valence-corrected chi connectivity index (χ1v) is 6.45. The molecule has 0 aromatic heterocycles. The number of nitriles is 1. The van der Waals surface area contributed by atoms with Crippen molar-refractivity contribution in [2.45, 2.75) is 6.92 Å². The molecule has 0 bridgehead atoms. The number of hydrogen-bond donors (Lipinski definition) is 3. The van der Waals surface area contributed by atoms with Crippen LogP contribution in [0.3, 0.4) is 0 Å². The largest absolute Gasteiger partial charge is 0.399 e. The van der Waals surface area contributed by atoms with Gasteiger partial charge in [-0.15, -0.1) is 0 Å². The summed E-state index contributed by atoms with van der Waals surface area (Å²) < 4.78 is 0. The van der Waals surface area contributed by atoms with Crippen LogP contribution < -0.4 is 16.4 Å². The second-order valence-corrected chi connectivity index (χ2v) is 4.62. The van der Waals surface area contributed by atoms with Gasteiger partial charge < -0.3 is 16.4 Å². The molecule has 0 radical (unpaired) electrons. The van der Waals surface area contributed by atoms with Gasteiger partial charge in [0.25, 0.3) is 5.91 Å². The zero-order valence-electron chi connectivity index (χ0n) is 11.9. The minimum atomic E-state index is -0.219. The lowest BCUT2D eigenvalue weighted by Crippen LogP contribution is -2.19. The summed E-state index contributed by atoms with van der Waals surface area (Å²) in [7, 11) is 1.57. The number of amides is 1. The van der Waals surface area contributed by atoms with Crippen molar-refractivity contribution in [3.8, 4) is 6.07 Å². The molecule has 21 heavy (non-hydrogen) atoms. The summed E-state index contributed by atoms with van der Waals surface area (Å²) in [5, 5.41) is 15.0. The molecule has 0 fully saturated rings. The van der Waals surface area contributed by atoms with Gasteiger partial charge in [-0.1, -0.05) is 12.1 Å². The monoisotopic (exact) mass is 280 g/mol. The zero-order valence-corrected chi connectivity index (χ0v) is 11.9. The summed E-state index contributed by atoms with van der Waals surface area (Å²) in [6, 6.07) is 12.7. The summed E-state index contributed by atoms with van der Waals surface area (Å²) >= 11 is 0. The lowest BCUT2D eigenvalue weighted by molar-refractivity contribution is 0.0964. The first-order chi connectivity index (χ1) is 10.1. The first-order valence-electron chi connectivity index (χ1n) is 6.45. The van der Waals surface area contributed by atoms with Crippen LogP contribution in [-0.4, -0.2) is 13.0 Å². The number of nitrogens with two attached hydrogens (primary N) is 1. The molecule has 0 aliphatic rings. The van der Waals surface area contributed by atoms with E-state index in [0.717, 1.165) is 5.56 Å². The van der Waals surface area contributed by atoms with E-state index in [1.165, 1.54) is 0 Å². The molecule has 2 rings (SSSR count). The second kappa shape index (κ2) is 5.97. The van der Waals surface area contributed by atoms with Crippen molar-refractivity contribution in [2.75, 3.05) is 18.1 Å². The van der Waals surface area contributed by atoms with Gasteiger partial charge in [-0.2, -0.15) is 5.26 Å². The number of nitrogens with zero attached hydrogens (tertiary/aromatic N) is 1. The van der Waals surface area contributed by atoms with Crippen LogP contribution in [0.4, 0.5) is 17.1 Å². The van der Waals surface area contributed by atoms with Crippen molar-refractivity contribution >= 4 is 23.0 Å². The normalized spacial score (nSPS) is 9.76. The van der Waals surface area contributed by atoms with Gasteiger partial charge in [0, 0.05) is 12.7 Å². The third-order valence-corrected chi connectivity index (χ3v) is 3.17. The molecular weight excluding hydrogens is 264 g/mol. The molecule has 4 N–H and O–H groups in total. The van der Waals surface area contributed by atoms with Gasteiger partial charge in [0.05, 0.1) is 22.5 Å². The lowest BCUT2D eigenvalue weighted by atomic mass is 10.1. The van der Waals surface area contributed by atoms with E-state index >= 15 is 0 Å². The molecule has 1 amide bonds. The first kappa shape index (κ1) is 14.4. The fraction of sp³-hybridized carbons (Fsp3) is 0.125. The van der Waals surface area contributed by atoms with Gasteiger partial charge in [-0.25, -0.2) is 0 Å². The highest BCUT2D eigenvalue weighted by molar-refractivity contribution is 6.01. The Bertz CT molecular complexity index is 732. The number of rotatable bonds is 3. The van der Waals surface area contributed by atoms with Crippen LogP contribution in [0, 0.1) is 18.3 Å². The Morgan fingerprint density at radius 2 is 2.00 bits per heavy atom. The highest BCUT2D eigenvalue weighted by atomic mass is 16.1. The van der Waals surface area contributed by atoms with E-state index in [4.69, 9.17) is 5.73 Å². The number of carbonyl (C=O) groups excluding carboxylic acids is 1. The predicted molar refractivity (Wildman–Crippen MR) is 83.4 cm³/mol. The lowest BCUT2D eigenvalue weighted by Gasteiger charge is -2.14. The average Bonchev–Trinajstić information content (AvgIpc) is 2.47. The van der Waals surface area contributed by atoms with Crippen molar-refractivity contribution in [1.82, 2.24) is 5.32 Å². The Morgan fingerprint density at radius 1 is 1.24 bits per heavy atom. The predicted octanol–water partition coefficient (Wildman–Crippen LogP) is 2.55. The van der Waals surface area contributed by atoms with Gasteiger partial charge in [0.2, 0.25) is 0 Å². The summed E-state index contributed by atoms with van der Waals surface area (Å²) in [6.45, 7) is 1.86. The molecule has 0 atom stereocenters. The fourth-order valence-corrected chi connectivity index (χ4v) is 2.06. The van der Waals surface area contributed by atoms with Crippen LogP contribution in [0.2, 0.25) is 0 Å². The van der Waals surface area contributed by atoms with Gasteiger partial charge in [0.15, 0.2) is 0 Å². The van der Waals surface area contributed by atoms with Crippen molar-refractivity contribution in [2.24, 2.45) is 0 Å². The third-order valence-electron chi connectivity index (χ3n) is 3.17. The van der Waals surface area contributed by atoms with Crippen molar-refractivity contribution in [3.63, 3.8) is 0 Å². The molecule has 5 heteroatoms. The Balaban J connectivity index is 2.50. The quantitative estimate of drug-likeness (QED) is 0.753. The topological polar surface area (TPSA) is 90.9 Å². The molecule has 0 aliphatic carbocycles. The fourth-order valence-electron chi connectivity index (χ4n) is 2.06. The van der Waals surface area contributed by atoms with Crippen LogP contribution >= 0.6 is 0 Å². The molecule has 2 aromatic carbocycles. The molecule has 2 aromatic rings. The van der Waals surface area contributed by atoms with E-state index in [1.807, 2.05) is 19.1 Å². The van der Waals surface area contributed by atoms with Crippen molar-refractivity contribution in [3.05, 3.63) is 53.1 Å². The number of anilines is 3. The average molecular weight is 280 g/mol. The summed E-state index contributed by atoms with van der Waals surface area (Å²) in [4.78, 5) is 11.9. The van der Waals surface area contributed by atoms with Gasteiger partial charge in [0.1, 0.15) is 6.07 Å². The summed E-state index contributed by atoms with van der Waals surface area (Å²) in [6.07, 6.45) is 0. The minimum Gasteiger partial charge on any atom is -0.399 e. The second-order valence-electron chi connectivity index (χ2n) is 4.62. The Kier molecular flexibility index (Phi) is 4.10. The summed E-state index contributed by atoms with van der Waals surface area (Å²) in [5.74, 6) is -0.219. The highest BCUT2D eigenvalue weighted by Gasteiger charge is 2.12. The third kappa shape index (κ3) is 2.95. The van der Waals surface area contributed by atoms with E-state index in [0.29, 0.717) is 28.2 Å². The Hall–Kier alpha value is -3.00. The molecule has 0 saturated heterocycles. The maximum Gasteiger partial charge on any atom is 0.253 e. The van der Waals surface area contributed by atoms with Gasteiger partial charge in [-0.3, -0.25) is 4.79 Å². The summed E-state index contributed by atoms with van der Waals surface area (Å²) in [5.41, 5.74) is 9.42. The molecule has 0 aliphatic heterocycles. The maximum atomic E-state index is 11.9. The Morgan fingerprint density at radius 3 is 2.67 bits per heavy atom. The molecule has 0 unspecified atom stereocenters.